The van der Waals surface area contributed by atoms with Crippen molar-refractivity contribution in [2.45, 2.75) is 11.3 Å². The normalized spacial score (nSPS) is 10.4. The van der Waals surface area contributed by atoms with Crippen LogP contribution in [-0.4, -0.2) is 41.0 Å². The summed E-state index contributed by atoms with van der Waals surface area (Å²) in [4.78, 5) is 43.2. The van der Waals surface area contributed by atoms with Crippen LogP contribution in [0.15, 0.2) is 52.1 Å². The maximum Gasteiger partial charge on any atom is 0.285 e. The Morgan fingerprint density at radius 1 is 1.07 bits per heavy atom. The van der Waals surface area contributed by atoms with E-state index in [1.54, 1.807) is 49.8 Å². The van der Waals surface area contributed by atoms with Crippen LogP contribution in [0.3, 0.4) is 0 Å². The molecular weight excluding hydrogens is 428 g/mol. The van der Waals surface area contributed by atoms with Gasteiger partial charge in [-0.1, -0.05) is 6.07 Å². The quantitative estimate of drug-likeness (QED) is 0.547. The first-order valence-electron chi connectivity index (χ1n) is 8.49. The maximum absolute atomic E-state index is 12.3. The number of amides is 3. The highest BCUT2D eigenvalue weighted by Gasteiger charge is 2.12. The van der Waals surface area contributed by atoms with Gasteiger partial charge in [-0.05, 0) is 47.5 Å². The van der Waals surface area contributed by atoms with E-state index in [4.69, 9.17) is 0 Å². The SMILES string of the molecule is CN(C)C(=O)Sc1ccc(NC(=O)Cc2csc(NC(=O)c3cccs3)n2)cc1. The van der Waals surface area contributed by atoms with Crippen LogP contribution >= 0.6 is 34.4 Å². The molecular formula is C19H18N4O3S3. The number of rotatable bonds is 6. The van der Waals surface area contributed by atoms with Crippen molar-refractivity contribution in [3.63, 3.8) is 0 Å². The average molecular weight is 447 g/mol. The Labute approximate surface area is 180 Å². The highest BCUT2D eigenvalue weighted by Crippen LogP contribution is 2.23. The third-order valence-electron chi connectivity index (χ3n) is 3.57. The summed E-state index contributed by atoms with van der Waals surface area (Å²) < 4.78 is 0. The van der Waals surface area contributed by atoms with E-state index in [2.05, 4.69) is 15.6 Å². The molecule has 2 aromatic heterocycles. The summed E-state index contributed by atoms with van der Waals surface area (Å²) in [5.41, 5.74) is 1.22. The number of hydrogen-bond acceptors (Lipinski definition) is 7. The Morgan fingerprint density at radius 3 is 2.48 bits per heavy atom. The van der Waals surface area contributed by atoms with Crippen molar-refractivity contribution in [2.24, 2.45) is 0 Å². The lowest BCUT2D eigenvalue weighted by Gasteiger charge is -2.09. The number of carbonyl (C=O) groups is 3. The average Bonchev–Trinajstić information content (AvgIpc) is 3.35. The van der Waals surface area contributed by atoms with Gasteiger partial charge in [-0.3, -0.25) is 19.7 Å². The van der Waals surface area contributed by atoms with Crippen LogP contribution in [0.4, 0.5) is 15.6 Å². The Balaban J connectivity index is 1.51. The molecule has 10 heteroatoms. The third kappa shape index (κ3) is 6.14. The Morgan fingerprint density at radius 2 is 1.83 bits per heavy atom. The van der Waals surface area contributed by atoms with Crippen LogP contribution < -0.4 is 10.6 Å². The molecule has 0 fully saturated rings. The minimum atomic E-state index is -0.212. The fourth-order valence-corrected chi connectivity index (χ4v) is 4.16. The second-order valence-electron chi connectivity index (χ2n) is 6.09. The molecule has 7 nitrogen and oxygen atoms in total. The van der Waals surface area contributed by atoms with Gasteiger partial charge >= 0.3 is 0 Å². The van der Waals surface area contributed by atoms with Gasteiger partial charge in [0.1, 0.15) is 0 Å². The first kappa shape index (κ1) is 21.0. The van der Waals surface area contributed by atoms with Crippen LogP contribution in [-0.2, 0) is 11.2 Å². The minimum Gasteiger partial charge on any atom is -0.339 e. The highest BCUT2D eigenvalue weighted by molar-refractivity contribution is 8.13. The molecule has 0 atom stereocenters. The summed E-state index contributed by atoms with van der Waals surface area (Å²) in [7, 11) is 3.39. The summed E-state index contributed by atoms with van der Waals surface area (Å²) in [5, 5.41) is 9.50. The van der Waals surface area contributed by atoms with Crippen LogP contribution in [0.5, 0.6) is 0 Å². The lowest BCUT2D eigenvalue weighted by Crippen LogP contribution is -2.16. The van der Waals surface area contributed by atoms with E-state index in [9.17, 15) is 14.4 Å². The molecule has 0 unspecified atom stereocenters. The van der Waals surface area contributed by atoms with Crippen molar-refractivity contribution >= 4 is 62.3 Å². The van der Waals surface area contributed by atoms with E-state index in [-0.39, 0.29) is 23.5 Å². The fraction of sp³-hybridized carbons (Fsp3) is 0.158. The largest absolute Gasteiger partial charge is 0.339 e. The van der Waals surface area contributed by atoms with Crippen LogP contribution in [0, 0.1) is 0 Å². The topological polar surface area (TPSA) is 91.4 Å². The highest BCUT2D eigenvalue weighted by atomic mass is 32.2. The Hall–Kier alpha value is -2.69. The van der Waals surface area contributed by atoms with Gasteiger partial charge in [0.25, 0.3) is 11.1 Å². The maximum atomic E-state index is 12.3. The second kappa shape index (κ2) is 9.68. The van der Waals surface area contributed by atoms with Gasteiger partial charge < -0.3 is 10.2 Å². The molecule has 0 aliphatic carbocycles. The van der Waals surface area contributed by atoms with Gasteiger partial charge in [-0.15, -0.1) is 22.7 Å². The number of nitrogens with zero attached hydrogens (tertiary/aromatic N) is 2. The molecule has 0 spiro atoms. The molecule has 2 heterocycles. The predicted octanol–water partition coefficient (Wildman–Crippen LogP) is 4.41. The standard InChI is InChI=1S/C19H18N4O3S3/c1-23(2)19(26)29-14-7-5-12(6-8-14)20-16(24)10-13-11-28-18(21-13)22-17(25)15-4-3-9-27-15/h3-9,11H,10H2,1-2H3,(H,20,24)(H,21,22,25). The van der Waals surface area contributed by atoms with Crippen molar-refractivity contribution < 1.29 is 14.4 Å². The molecule has 0 saturated heterocycles. The summed E-state index contributed by atoms with van der Waals surface area (Å²) >= 11 is 3.75. The summed E-state index contributed by atoms with van der Waals surface area (Å²) in [6.45, 7) is 0. The van der Waals surface area contributed by atoms with Crippen molar-refractivity contribution in [3.8, 4) is 0 Å². The smallest absolute Gasteiger partial charge is 0.285 e. The number of aromatic nitrogens is 1. The van der Waals surface area contributed by atoms with Gasteiger partial charge in [0.2, 0.25) is 5.91 Å². The van der Waals surface area contributed by atoms with E-state index < -0.39 is 0 Å². The molecule has 2 N–H and O–H groups in total. The number of carbonyl (C=O) groups excluding carboxylic acids is 3. The summed E-state index contributed by atoms with van der Waals surface area (Å²) in [6, 6.07) is 10.6. The van der Waals surface area contributed by atoms with Crippen molar-refractivity contribution in [2.75, 3.05) is 24.7 Å². The first-order valence-corrected chi connectivity index (χ1v) is 11.1. The molecule has 150 valence electrons. The number of hydrogen-bond donors (Lipinski definition) is 2. The third-order valence-corrected chi connectivity index (χ3v) is 6.29. The number of thioether (sulfide) groups is 1. The number of benzene rings is 1. The summed E-state index contributed by atoms with van der Waals surface area (Å²) in [6.07, 6.45) is 0.0982. The van der Waals surface area contributed by atoms with Gasteiger partial charge in [-0.2, -0.15) is 0 Å². The molecule has 0 aliphatic heterocycles. The Kier molecular flexibility index (Phi) is 7.02. The van der Waals surface area contributed by atoms with Crippen LogP contribution in [0.1, 0.15) is 15.4 Å². The van der Waals surface area contributed by atoms with Gasteiger partial charge in [0.15, 0.2) is 5.13 Å². The van der Waals surface area contributed by atoms with Crippen LogP contribution in [0.25, 0.3) is 0 Å². The van der Waals surface area contributed by atoms with Crippen molar-refractivity contribution in [1.82, 2.24) is 9.88 Å². The number of thiazole rings is 1. The van der Waals surface area contributed by atoms with E-state index in [0.29, 0.717) is 21.4 Å². The molecule has 3 amide bonds. The molecule has 3 aromatic rings. The number of nitrogens with one attached hydrogen (secondary N) is 2. The van der Waals surface area contributed by atoms with Crippen molar-refractivity contribution in [1.29, 1.82) is 0 Å². The predicted molar refractivity (Wildman–Crippen MR) is 118 cm³/mol. The zero-order valence-electron chi connectivity index (χ0n) is 15.7. The zero-order valence-corrected chi connectivity index (χ0v) is 18.1. The number of anilines is 2. The molecule has 3 rings (SSSR count). The Bertz CT molecular complexity index is 998. The molecule has 0 saturated carbocycles. The molecule has 1 aromatic carbocycles. The van der Waals surface area contributed by atoms with E-state index in [1.807, 2.05) is 11.4 Å². The zero-order chi connectivity index (χ0) is 20.8. The molecule has 0 bridgehead atoms. The van der Waals surface area contributed by atoms with E-state index >= 15 is 0 Å². The van der Waals surface area contributed by atoms with Gasteiger partial charge in [0, 0.05) is 30.1 Å². The van der Waals surface area contributed by atoms with Crippen molar-refractivity contribution in [3.05, 3.63) is 57.7 Å². The monoisotopic (exact) mass is 446 g/mol. The van der Waals surface area contributed by atoms with Gasteiger partial charge in [0.05, 0.1) is 17.0 Å². The van der Waals surface area contributed by atoms with E-state index in [1.165, 1.54) is 27.6 Å². The first-order chi connectivity index (χ1) is 13.9. The molecule has 0 radical (unpaired) electrons. The fourth-order valence-electron chi connectivity index (χ4n) is 2.18. The van der Waals surface area contributed by atoms with Gasteiger partial charge in [-0.25, -0.2) is 4.98 Å². The molecule has 0 aliphatic rings. The minimum absolute atomic E-state index is 0.0627. The lowest BCUT2D eigenvalue weighted by molar-refractivity contribution is -0.115. The van der Waals surface area contributed by atoms with Crippen LogP contribution in [0.2, 0.25) is 0 Å². The lowest BCUT2D eigenvalue weighted by atomic mass is 10.3. The second-order valence-corrected chi connectivity index (χ2v) is 8.92. The van der Waals surface area contributed by atoms with E-state index in [0.717, 1.165) is 16.7 Å². The summed E-state index contributed by atoms with van der Waals surface area (Å²) in [5.74, 6) is -0.424. The number of thiophene rings is 1. The molecule has 29 heavy (non-hydrogen) atoms.